The Morgan fingerprint density at radius 3 is 2.64 bits per heavy atom. The van der Waals surface area contributed by atoms with Gasteiger partial charge in [0.05, 0.1) is 6.54 Å². The summed E-state index contributed by atoms with van der Waals surface area (Å²) in [6.07, 6.45) is 1.97. The summed E-state index contributed by atoms with van der Waals surface area (Å²) < 4.78 is 5.90. The lowest BCUT2D eigenvalue weighted by Crippen LogP contribution is -2.27. The lowest BCUT2D eigenvalue weighted by atomic mass is 10.1. The molecule has 25 heavy (non-hydrogen) atoms. The number of rotatable bonds is 7. The van der Waals surface area contributed by atoms with Crippen LogP contribution in [0.2, 0.25) is 0 Å². The minimum atomic E-state index is -0.0423. The average Bonchev–Trinajstić information content (AvgIpc) is 3.15. The molecule has 5 heteroatoms. The van der Waals surface area contributed by atoms with E-state index < -0.39 is 0 Å². The summed E-state index contributed by atoms with van der Waals surface area (Å²) in [5.74, 6) is 0.781. The largest absolute Gasteiger partial charge is 0.491 e. The molecule has 1 heterocycles. The van der Waals surface area contributed by atoms with Crippen LogP contribution < -0.4 is 10.1 Å². The molecule has 1 amide bonds. The Morgan fingerprint density at radius 2 is 1.84 bits per heavy atom. The first-order valence-corrected chi connectivity index (χ1v) is 10.1. The Bertz CT molecular complexity index is 830. The average molecular weight is 370 g/mol. The van der Waals surface area contributed by atoms with Gasteiger partial charge in [0.1, 0.15) is 17.2 Å². The van der Waals surface area contributed by atoms with Crippen LogP contribution in [0.4, 0.5) is 0 Å². The van der Waals surface area contributed by atoms with Crippen molar-refractivity contribution >= 4 is 29.0 Å². The highest BCUT2D eigenvalue weighted by atomic mass is 32.2. The minimum absolute atomic E-state index is 0.0423. The monoisotopic (exact) mass is 369 g/mol. The van der Waals surface area contributed by atoms with Crippen LogP contribution in [0.25, 0.3) is 11.1 Å². The Balaban J connectivity index is 1.57. The summed E-state index contributed by atoms with van der Waals surface area (Å²) in [4.78, 5) is 14.0. The number of ether oxygens (including phenoxy) is 1. The van der Waals surface area contributed by atoms with Gasteiger partial charge in [0.15, 0.2) is 0 Å². The van der Waals surface area contributed by atoms with Crippen LogP contribution in [-0.4, -0.2) is 25.3 Å². The summed E-state index contributed by atoms with van der Waals surface area (Å²) in [6, 6.07) is 20.1. The van der Waals surface area contributed by atoms with Crippen LogP contribution >= 0.6 is 23.1 Å². The summed E-state index contributed by atoms with van der Waals surface area (Å²) in [7, 11) is 0. The highest BCUT2D eigenvalue weighted by molar-refractivity contribution is 7.98. The van der Waals surface area contributed by atoms with E-state index in [9.17, 15) is 4.79 Å². The van der Waals surface area contributed by atoms with E-state index in [2.05, 4.69) is 17.4 Å². The molecule has 0 fully saturated rings. The molecule has 3 aromatic rings. The van der Waals surface area contributed by atoms with Crippen LogP contribution in [0.5, 0.6) is 5.75 Å². The van der Waals surface area contributed by atoms with Crippen LogP contribution in [0.3, 0.4) is 0 Å². The maximum atomic E-state index is 12.2. The molecule has 0 saturated heterocycles. The van der Waals surface area contributed by atoms with Crippen molar-refractivity contribution in [2.75, 3.05) is 19.4 Å². The predicted octanol–water partition coefficient (Wildman–Crippen LogP) is 4.95. The molecule has 0 aliphatic rings. The van der Waals surface area contributed by atoms with Gasteiger partial charge in [0.25, 0.3) is 5.91 Å². The minimum Gasteiger partial charge on any atom is -0.491 e. The third-order valence-corrected chi connectivity index (χ3v) is 5.49. The number of para-hydroxylation sites is 1. The molecule has 0 saturated carbocycles. The molecule has 0 unspecified atom stereocenters. The maximum absolute atomic E-state index is 12.2. The van der Waals surface area contributed by atoms with Gasteiger partial charge in [0, 0.05) is 10.5 Å². The van der Waals surface area contributed by atoms with Crippen LogP contribution in [0.15, 0.2) is 70.9 Å². The standard InChI is InChI=1S/C20H19NO2S2/c1-24-18-11-14-25-19(18)20(22)21-12-13-23-17-10-6-5-9-16(17)15-7-3-2-4-8-15/h2-11,14H,12-13H2,1H3,(H,21,22). The molecule has 3 rings (SSSR count). The van der Waals surface area contributed by atoms with Crippen molar-refractivity contribution < 1.29 is 9.53 Å². The lowest BCUT2D eigenvalue weighted by molar-refractivity contribution is 0.0948. The summed E-state index contributed by atoms with van der Waals surface area (Å²) >= 11 is 3.05. The van der Waals surface area contributed by atoms with Crippen LogP contribution in [0.1, 0.15) is 9.67 Å². The number of carbonyl (C=O) groups excluding carboxylic acids is 1. The second-order valence-corrected chi connectivity index (χ2v) is 7.05. The van der Waals surface area contributed by atoms with E-state index >= 15 is 0 Å². The summed E-state index contributed by atoms with van der Waals surface area (Å²) in [5, 5.41) is 4.86. The molecule has 128 valence electrons. The van der Waals surface area contributed by atoms with Gasteiger partial charge < -0.3 is 10.1 Å². The van der Waals surface area contributed by atoms with Crippen LogP contribution in [0, 0.1) is 0 Å². The Kier molecular flexibility index (Phi) is 6.14. The first kappa shape index (κ1) is 17.6. The zero-order chi connectivity index (χ0) is 17.5. The molecule has 1 aromatic heterocycles. The number of thiophene rings is 1. The van der Waals surface area contributed by atoms with Crippen molar-refractivity contribution in [2.45, 2.75) is 4.90 Å². The van der Waals surface area contributed by atoms with E-state index in [4.69, 9.17) is 4.74 Å². The lowest BCUT2D eigenvalue weighted by Gasteiger charge is -2.12. The highest BCUT2D eigenvalue weighted by Gasteiger charge is 2.12. The highest BCUT2D eigenvalue weighted by Crippen LogP contribution is 2.29. The van der Waals surface area contributed by atoms with E-state index in [0.717, 1.165) is 26.6 Å². The van der Waals surface area contributed by atoms with E-state index in [0.29, 0.717) is 13.2 Å². The van der Waals surface area contributed by atoms with E-state index in [1.165, 1.54) is 11.3 Å². The molecule has 0 atom stereocenters. The predicted molar refractivity (Wildman–Crippen MR) is 106 cm³/mol. The fourth-order valence-electron chi connectivity index (χ4n) is 2.48. The Morgan fingerprint density at radius 1 is 1.08 bits per heavy atom. The number of nitrogens with one attached hydrogen (secondary N) is 1. The number of carbonyl (C=O) groups is 1. The number of hydrogen-bond acceptors (Lipinski definition) is 4. The van der Waals surface area contributed by atoms with E-state index in [-0.39, 0.29) is 5.91 Å². The van der Waals surface area contributed by atoms with Gasteiger partial charge in [0.2, 0.25) is 0 Å². The van der Waals surface area contributed by atoms with Gasteiger partial charge in [-0.15, -0.1) is 23.1 Å². The van der Waals surface area contributed by atoms with Gasteiger partial charge >= 0.3 is 0 Å². The topological polar surface area (TPSA) is 38.3 Å². The quantitative estimate of drug-likeness (QED) is 0.473. The number of benzene rings is 2. The first-order chi connectivity index (χ1) is 12.3. The fraction of sp³-hybridized carbons (Fsp3) is 0.150. The van der Waals surface area contributed by atoms with Crippen molar-refractivity contribution in [3.05, 3.63) is 70.9 Å². The van der Waals surface area contributed by atoms with Gasteiger partial charge in [-0.1, -0.05) is 48.5 Å². The van der Waals surface area contributed by atoms with Crippen LogP contribution in [-0.2, 0) is 0 Å². The second kappa shape index (κ2) is 8.74. The molecule has 0 aliphatic heterocycles. The fourth-order valence-corrected chi connectivity index (χ4v) is 4.14. The van der Waals surface area contributed by atoms with Gasteiger partial charge in [-0.05, 0) is 29.3 Å². The Labute approximate surface area is 156 Å². The molecule has 0 aliphatic carbocycles. The number of hydrogen-bond donors (Lipinski definition) is 1. The molecular formula is C20H19NO2S2. The van der Waals surface area contributed by atoms with Gasteiger partial charge in [-0.25, -0.2) is 0 Å². The zero-order valence-electron chi connectivity index (χ0n) is 13.9. The maximum Gasteiger partial charge on any atom is 0.262 e. The van der Waals surface area contributed by atoms with Crippen molar-refractivity contribution in [1.82, 2.24) is 5.32 Å². The van der Waals surface area contributed by atoms with E-state index in [1.54, 1.807) is 11.8 Å². The normalized spacial score (nSPS) is 10.4. The first-order valence-electron chi connectivity index (χ1n) is 7.96. The third-order valence-electron chi connectivity index (χ3n) is 3.67. The Hall–Kier alpha value is -2.24. The second-order valence-electron chi connectivity index (χ2n) is 5.28. The molecule has 1 N–H and O–H groups in total. The van der Waals surface area contributed by atoms with Crippen molar-refractivity contribution in [2.24, 2.45) is 0 Å². The molecule has 2 aromatic carbocycles. The molecule has 3 nitrogen and oxygen atoms in total. The van der Waals surface area contributed by atoms with Crippen molar-refractivity contribution in [3.63, 3.8) is 0 Å². The molecule has 0 radical (unpaired) electrons. The van der Waals surface area contributed by atoms with Crippen molar-refractivity contribution in [1.29, 1.82) is 0 Å². The smallest absolute Gasteiger partial charge is 0.262 e. The van der Waals surface area contributed by atoms with Gasteiger partial charge in [-0.2, -0.15) is 0 Å². The van der Waals surface area contributed by atoms with E-state index in [1.807, 2.05) is 60.2 Å². The molecule has 0 spiro atoms. The zero-order valence-corrected chi connectivity index (χ0v) is 15.5. The summed E-state index contributed by atoms with van der Waals surface area (Å²) in [6.45, 7) is 0.892. The molecule has 0 bridgehead atoms. The van der Waals surface area contributed by atoms with Crippen molar-refractivity contribution in [3.8, 4) is 16.9 Å². The summed E-state index contributed by atoms with van der Waals surface area (Å²) in [5.41, 5.74) is 2.17. The van der Waals surface area contributed by atoms with Gasteiger partial charge in [-0.3, -0.25) is 4.79 Å². The third kappa shape index (κ3) is 4.44. The number of thioether (sulfide) groups is 1. The number of amides is 1. The molecular weight excluding hydrogens is 350 g/mol. The SMILES string of the molecule is CSc1ccsc1C(=O)NCCOc1ccccc1-c1ccccc1.